The maximum Gasteiger partial charge on any atom is 0.265 e. The van der Waals surface area contributed by atoms with Crippen molar-refractivity contribution < 1.29 is 0 Å². The van der Waals surface area contributed by atoms with Gasteiger partial charge in [-0.1, -0.05) is 220 Å². The Morgan fingerprint density at radius 1 is 0.373 bits per heavy atom. The van der Waals surface area contributed by atoms with Gasteiger partial charge in [0.05, 0.1) is 54.8 Å². The average molecular weight is 1040 g/mol. The van der Waals surface area contributed by atoms with Gasteiger partial charge in [0.2, 0.25) is 0 Å². The number of para-hydroxylation sites is 2. The zero-order chi connectivity index (χ0) is 52.7. The van der Waals surface area contributed by atoms with Crippen LogP contribution in [0.5, 0.6) is 0 Å². The Kier molecular flexibility index (Phi) is 12.5. The van der Waals surface area contributed by atoms with Crippen LogP contribution in [0.1, 0.15) is 0 Å². The van der Waals surface area contributed by atoms with E-state index in [0.29, 0.717) is 33.1 Å². The Morgan fingerprint density at radius 3 is 1.19 bits per heavy atom. The summed E-state index contributed by atoms with van der Waals surface area (Å²) in [5.41, 5.74) is 15.1. The minimum absolute atomic E-state index is 0.0774. The smallest absolute Gasteiger partial charge is 0.265 e. The van der Waals surface area contributed by atoms with E-state index in [0.717, 1.165) is 66.8 Å². The van der Waals surface area contributed by atoms with Gasteiger partial charge in [0.25, 0.3) is 11.1 Å². The molecule has 6 nitrogen and oxygen atoms in total. The van der Waals surface area contributed by atoms with Crippen molar-refractivity contribution in [1.29, 1.82) is 0 Å². The minimum atomic E-state index is -1.81. The molecule has 0 saturated carbocycles. The van der Waals surface area contributed by atoms with Crippen LogP contribution in [0.15, 0.2) is 192 Å². The quantitative estimate of drug-likeness (QED) is 0.101. The van der Waals surface area contributed by atoms with Crippen molar-refractivity contribution in [3.8, 4) is 66.8 Å². The third kappa shape index (κ3) is 9.13. The molecule has 0 saturated heterocycles. The highest BCUT2D eigenvalue weighted by Gasteiger charge is 2.28. The number of hydrogen-bond donors (Lipinski definition) is 0. The van der Waals surface area contributed by atoms with Crippen LogP contribution in [0.25, 0.3) is 99.9 Å². The molecule has 0 spiro atoms. The van der Waals surface area contributed by atoms with E-state index in [1.54, 1.807) is 8.80 Å². The highest BCUT2D eigenvalue weighted by atomic mass is 28.3. The van der Waals surface area contributed by atoms with Crippen LogP contribution in [-0.4, -0.2) is 51.8 Å². The van der Waals surface area contributed by atoms with Crippen molar-refractivity contribution in [3.63, 3.8) is 0 Å². The first-order chi connectivity index (χ1) is 35.7. The van der Waals surface area contributed by atoms with Crippen LogP contribution in [0.2, 0.25) is 72.0 Å². The number of benzene rings is 7. The number of rotatable bonds is 10. The van der Waals surface area contributed by atoms with Gasteiger partial charge in [-0.3, -0.25) is 18.4 Å². The first-order valence-corrected chi connectivity index (χ1v) is 39.1. The molecule has 75 heavy (non-hydrogen) atoms. The summed E-state index contributed by atoms with van der Waals surface area (Å²) in [6.45, 7) is 26.4. The van der Waals surface area contributed by atoms with Gasteiger partial charge in [0, 0.05) is 23.5 Å². The van der Waals surface area contributed by atoms with Gasteiger partial charge in [-0.2, -0.15) is 0 Å². The summed E-state index contributed by atoms with van der Waals surface area (Å²) >= 11 is 0. The maximum absolute atomic E-state index is 14.4. The Balaban J connectivity index is 1.14. The summed E-state index contributed by atoms with van der Waals surface area (Å²) < 4.78 is 3.49. The molecule has 7 aromatic carbocycles. The summed E-state index contributed by atoms with van der Waals surface area (Å²) in [7, 11) is -6.24. The molecular formula is C65H63N4O2Si4. The second kappa shape index (κ2) is 18.8. The van der Waals surface area contributed by atoms with Gasteiger partial charge in [-0.25, -0.2) is 9.97 Å². The van der Waals surface area contributed by atoms with E-state index in [4.69, 9.17) is 9.97 Å². The number of nitrogens with zero attached hydrogens (tertiary/aromatic N) is 4. The van der Waals surface area contributed by atoms with Crippen LogP contribution >= 0.6 is 0 Å². The first kappa shape index (κ1) is 49.8. The van der Waals surface area contributed by atoms with E-state index in [-0.39, 0.29) is 11.1 Å². The molecule has 0 aliphatic heterocycles. The fraction of sp³-hybridized carbons (Fsp3) is 0.169. The SMILES string of the molecule is C[Si](C)c1cc(-c2c(-c3ccccc3-c3cccc(-c4ccccc4-c4ccn5c(=O)c6ccccc6nc5c4-c4cc([Si](C)(C)C)cc([Si](C)(C)C)c4)c3)ccn3c(=O)c4ccccc4nc23)cc([Si](C)(C)C)c1. The van der Waals surface area contributed by atoms with Crippen LogP contribution in [0.4, 0.5) is 0 Å². The van der Waals surface area contributed by atoms with Gasteiger partial charge in [0.1, 0.15) is 11.3 Å². The van der Waals surface area contributed by atoms with E-state index < -0.39 is 33.0 Å². The zero-order valence-electron chi connectivity index (χ0n) is 44.9. The Bertz CT molecular complexity index is 4200. The predicted octanol–water partition coefficient (Wildman–Crippen LogP) is 13.6. The third-order valence-corrected chi connectivity index (χ3v) is 22.4. The van der Waals surface area contributed by atoms with E-state index in [1.165, 1.54) is 20.7 Å². The van der Waals surface area contributed by atoms with Crippen molar-refractivity contribution in [2.75, 3.05) is 0 Å². The van der Waals surface area contributed by atoms with Gasteiger partial charge in [0.15, 0.2) is 0 Å². The number of fused-ring (bicyclic) bond motifs is 4. The van der Waals surface area contributed by atoms with Crippen LogP contribution < -0.4 is 31.9 Å². The van der Waals surface area contributed by atoms with E-state index in [1.807, 2.05) is 60.9 Å². The molecule has 4 aromatic heterocycles. The maximum atomic E-state index is 14.4. The lowest BCUT2D eigenvalue weighted by atomic mass is 9.87. The summed E-state index contributed by atoms with van der Waals surface area (Å²) in [6.07, 6.45) is 3.83. The van der Waals surface area contributed by atoms with Gasteiger partial charge < -0.3 is 0 Å². The molecule has 0 N–H and O–H groups in total. The number of hydrogen-bond acceptors (Lipinski definition) is 4. The van der Waals surface area contributed by atoms with E-state index in [2.05, 4.69) is 193 Å². The molecule has 0 fully saturated rings. The standard InChI is InChI=1S/C65H63N4O2Si4/c1-72(2)46-36-44(37-47(40-46)73(3,4)5)60-54(31-33-68-62(60)66-58-29-18-16-27-56(58)64(68)70)52-25-14-12-23-50(52)42-21-20-22-43(35-42)51-24-13-15-26-53(51)55-32-34-69-63(67-59-30-19-17-28-57(59)65(69)71)61(55)45-38-48(74(6,7)8)41-49(39-45)75(9,10)11/h12-41H,1-11H3. The highest BCUT2D eigenvalue weighted by molar-refractivity contribution is 6.91. The normalized spacial score (nSPS) is 12.4. The molecule has 0 bridgehead atoms. The molecule has 0 atom stereocenters. The molecular weight excluding hydrogens is 981 g/mol. The Hall–Kier alpha value is -7.35. The van der Waals surface area contributed by atoms with Crippen LogP contribution in [-0.2, 0) is 0 Å². The Labute approximate surface area is 444 Å². The fourth-order valence-electron chi connectivity index (χ4n) is 10.6. The summed E-state index contributed by atoms with van der Waals surface area (Å²) in [5.74, 6) is 0. The molecule has 0 aliphatic rings. The van der Waals surface area contributed by atoms with Gasteiger partial charge in [-0.15, -0.1) is 0 Å². The van der Waals surface area contributed by atoms with Crippen LogP contribution in [0, 0.1) is 0 Å². The lowest BCUT2D eigenvalue weighted by molar-refractivity contribution is 1.08. The molecule has 0 amide bonds. The highest BCUT2D eigenvalue weighted by Crippen LogP contribution is 2.43. The van der Waals surface area contributed by atoms with Crippen molar-refractivity contribution >= 4 is 86.9 Å². The molecule has 371 valence electrons. The number of pyridine rings is 2. The molecule has 11 aromatic rings. The zero-order valence-corrected chi connectivity index (χ0v) is 48.9. The first-order valence-electron chi connectivity index (χ1n) is 26.1. The number of aromatic nitrogens is 4. The van der Waals surface area contributed by atoms with Crippen LogP contribution in [0.3, 0.4) is 0 Å². The van der Waals surface area contributed by atoms with Gasteiger partial charge >= 0.3 is 0 Å². The largest absolute Gasteiger partial charge is 0.268 e. The topological polar surface area (TPSA) is 68.7 Å². The van der Waals surface area contributed by atoms with Crippen molar-refractivity contribution in [2.24, 2.45) is 0 Å². The third-order valence-electron chi connectivity index (χ3n) is 14.9. The van der Waals surface area contributed by atoms with Crippen molar-refractivity contribution in [2.45, 2.75) is 72.0 Å². The van der Waals surface area contributed by atoms with E-state index in [9.17, 15) is 9.59 Å². The molecule has 4 heterocycles. The molecule has 1 radical (unpaired) electrons. The molecule has 11 rings (SSSR count). The second-order valence-corrected chi connectivity index (χ2v) is 41.3. The molecule has 0 unspecified atom stereocenters. The Morgan fingerprint density at radius 2 is 0.760 bits per heavy atom. The molecule has 0 aliphatic carbocycles. The second-order valence-electron chi connectivity index (χ2n) is 23.5. The monoisotopic (exact) mass is 1040 g/mol. The fourth-order valence-corrected chi connectivity index (χ4v) is 15.3. The average Bonchev–Trinajstić information content (AvgIpc) is 3.41. The van der Waals surface area contributed by atoms with Gasteiger partial charge in [-0.05, 0) is 98.1 Å². The van der Waals surface area contributed by atoms with Crippen molar-refractivity contribution in [3.05, 3.63) is 203 Å². The lowest BCUT2D eigenvalue weighted by Gasteiger charge is -2.25. The summed E-state index contributed by atoms with van der Waals surface area (Å²) in [4.78, 5) is 39.5. The van der Waals surface area contributed by atoms with Crippen molar-refractivity contribution in [1.82, 2.24) is 18.8 Å². The molecule has 10 heteroatoms. The van der Waals surface area contributed by atoms with E-state index >= 15 is 0 Å². The minimum Gasteiger partial charge on any atom is -0.268 e. The summed E-state index contributed by atoms with van der Waals surface area (Å²) in [5, 5.41) is 6.75. The summed E-state index contributed by atoms with van der Waals surface area (Å²) in [6, 6.07) is 60.3. The lowest BCUT2D eigenvalue weighted by Crippen LogP contribution is -2.45. The predicted molar refractivity (Wildman–Crippen MR) is 330 cm³/mol.